The molecule has 0 unspecified atom stereocenters. The SMILES string of the molecule is Cc1ccc(-n2nc3c(c2NC(=O)c2ccccc2Cl)C[S@](=O)C3)c(C)c1. The predicted molar refractivity (Wildman–Crippen MR) is 108 cm³/mol. The van der Waals surface area contributed by atoms with Crippen LogP contribution in [0.25, 0.3) is 5.69 Å². The second kappa shape index (κ2) is 6.94. The quantitative estimate of drug-likeness (QED) is 0.719. The van der Waals surface area contributed by atoms with Crippen molar-refractivity contribution in [2.75, 3.05) is 5.32 Å². The van der Waals surface area contributed by atoms with Crippen molar-refractivity contribution in [2.24, 2.45) is 0 Å². The van der Waals surface area contributed by atoms with Crippen LogP contribution in [-0.4, -0.2) is 19.9 Å². The fourth-order valence-electron chi connectivity index (χ4n) is 3.29. The molecule has 7 heteroatoms. The zero-order chi connectivity index (χ0) is 19.1. The zero-order valence-corrected chi connectivity index (χ0v) is 16.5. The van der Waals surface area contributed by atoms with Gasteiger partial charge in [0, 0.05) is 16.4 Å². The molecule has 2 heterocycles. The number of aryl methyl sites for hydroxylation is 2. The third kappa shape index (κ3) is 3.31. The number of halogens is 1. The van der Waals surface area contributed by atoms with Crippen LogP contribution in [0.3, 0.4) is 0 Å². The van der Waals surface area contributed by atoms with Crippen LogP contribution in [0.5, 0.6) is 0 Å². The van der Waals surface area contributed by atoms with Gasteiger partial charge < -0.3 is 5.32 Å². The van der Waals surface area contributed by atoms with Gasteiger partial charge in [-0.3, -0.25) is 9.00 Å². The van der Waals surface area contributed by atoms with E-state index in [1.54, 1.807) is 28.9 Å². The van der Waals surface area contributed by atoms with Crippen molar-refractivity contribution < 1.29 is 9.00 Å². The minimum absolute atomic E-state index is 0.313. The average Bonchev–Trinajstić information content (AvgIpc) is 3.12. The van der Waals surface area contributed by atoms with E-state index in [0.717, 1.165) is 28.1 Å². The molecule has 1 amide bonds. The highest BCUT2D eigenvalue weighted by Gasteiger charge is 2.29. The summed E-state index contributed by atoms with van der Waals surface area (Å²) in [5, 5.41) is 7.98. The third-order valence-corrected chi connectivity index (χ3v) is 6.14. The van der Waals surface area contributed by atoms with E-state index in [9.17, 15) is 9.00 Å². The fourth-order valence-corrected chi connectivity index (χ4v) is 4.78. The van der Waals surface area contributed by atoms with Crippen molar-refractivity contribution in [2.45, 2.75) is 25.4 Å². The smallest absolute Gasteiger partial charge is 0.258 e. The summed E-state index contributed by atoms with van der Waals surface area (Å²) >= 11 is 6.17. The second-order valence-electron chi connectivity index (χ2n) is 6.64. The van der Waals surface area contributed by atoms with E-state index in [4.69, 9.17) is 11.6 Å². The molecule has 5 nitrogen and oxygen atoms in total. The summed E-state index contributed by atoms with van der Waals surface area (Å²) in [6.07, 6.45) is 0. The molecule has 1 aliphatic heterocycles. The molecule has 138 valence electrons. The summed E-state index contributed by atoms with van der Waals surface area (Å²) in [7, 11) is -0.989. The monoisotopic (exact) mass is 399 g/mol. The van der Waals surface area contributed by atoms with Gasteiger partial charge in [0.2, 0.25) is 0 Å². The first-order valence-corrected chi connectivity index (χ1v) is 10.4. The van der Waals surface area contributed by atoms with Crippen LogP contribution in [0, 0.1) is 13.8 Å². The van der Waals surface area contributed by atoms with Crippen LogP contribution in [0.4, 0.5) is 5.82 Å². The van der Waals surface area contributed by atoms with Gasteiger partial charge in [-0.05, 0) is 37.6 Å². The first-order chi connectivity index (χ1) is 12.9. The summed E-state index contributed by atoms with van der Waals surface area (Å²) in [5.74, 6) is 1.04. The molecule has 0 bridgehead atoms. The number of anilines is 1. The Morgan fingerprint density at radius 2 is 1.96 bits per heavy atom. The van der Waals surface area contributed by atoms with Gasteiger partial charge in [0.1, 0.15) is 5.82 Å². The molecular weight excluding hydrogens is 382 g/mol. The van der Waals surface area contributed by atoms with Crippen molar-refractivity contribution in [3.63, 3.8) is 0 Å². The minimum atomic E-state index is -0.989. The number of nitrogens with zero attached hydrogens (tertiary/aromatic N) is 2. The molecule has 4 rings (SSSR count). The van der Waals surface area contributed by atoms with E-state index >= 15 is 0 Å². The Balaban J connectivity index is 1.80. The molecule has 0 fully saturated rings. The Morgan fingerprint density at radius 3 is 2.70 bits per heavy atom. The number of benzene rings is 2. The van der Waals surface area contributed by atoms with Gasteiger partial charge in [0.25, 0.3) is 5.91 Å². The molecule has 0 saturated carbocycles. The van der Waals surface area contributed by atoms with Crippen molar-refractivity contribution in [1.82, 2.24) is 9.78 Å². The molecule has 0 radical (unpaired) electrons. The minimum Gasteiger partial charge on any atom is -0.306 e. The van der Waals surface area contributed by atoms with Crippen LogP contribution < -0.4 is 5.32 Å². The van der Waals surface area contributed by atoms with Gasteiger partial charge in [-0.25, -0.2) is 4.68 Å². The average molecular weight is 400 g/mol. The Kier molecular flexibility index (Phi) is 4.61. The maximum Gasteiger partial charge on any atom is 0.258 e. The third-order valence-electron chi connectivity index (χ3n) is 4.60. The summed E-state index contributed by atoms with van der Waals surface area (Å²) in [6, 6.07) is 13.0. The van der Waals surface area contributed by atoms with Crippen molar-refractivity contribution >= 4 is 34.1 Å². The van der Waals surface area contributed by atoms with E-state index in [-0.39, 0.29) is 5.91 Å². The summed E-state index contributed by atoms with van der Waals surface area (Å²) in [4.78, 5) is 12.8. The lowest BCUT2D eigenvalue weighted by atomic mass is 10.1. The Hall–Kier alpha value is -2.44. The van der Waals surface area contributed by atoms with Crippen LogP contribution in [-0.2, 0) is 22.3 Å². The number of rotatable bonds is 3. The lowest BCUT2D eigenvalue weighted by Crippen LogP contribution is -2.17. The zero-order valence-electron chi connectivity index (χ0n) is 15.0. The van der Waals surface area contributed by atoms with Crippen molar-refractivity contribution in [3.05, 3.63) is 75.4 Å². The van der Waals surface area contributed by atoms with Gasteiger partial charge in [0.15, 0.2) is 0 Å². The highest BCUT2D eigenvalue weighted by Crippen LogP contribution is 2.33. The highest BCUT2D eigenvalue weighted by molar-refractivity contribution is 7.83. The predicted octanol–water partition coefficient (Wildman–Crippen LogP) is 4.16. The number of carbonyl (C=O) groups excluding carboxylic acids is 1. The first-order valence-electron chi connectivity index (χ1n) is 8.53. The van der Waals surface area contributed by atoms with Crippen LogP contribution in [0.1, 0.15) is 32.7 Å². The number of aromatic nitrogens is 2. The molecule has 1 aromatic heterocycles. The number of hydrogen-bond acceptors (Lipinski definition) is 3. The maximum absolute atomic E-state index is 12.8. The lowest BCUT2D eigenvalue weighted by Gasteiger charge is -2.14. The molecule has 0 aliphatic carbocycles. The maximum atomic E-state index is 12.8. The molecule has 1 aliphatic rings. The fraction of sp³-hybridized carbons (Fsp3) is 0.200. The molecule has 27 heavy (non-hydrogen) atoms. The van der Waals surface area contributed by atoms with Gasteiger partial charge in [0.05, 0.1) is 33.5 Å². The lowest BCUT2D eigenvalue weighted by molar-refractivity contribution is 0.102. The van der Waals surface area contributed by atoms with Crippen molar-refractivity contribution in [3.8, 4) is 5.69 Å². The van der Waals surface area contributed by atoms with E-state index in [0.29, 0.717) is 27.9 Å². The van der Waals surface area contributed by atoms with E-state index < -0.39 is 10.8 Å². The van der Waals surface area contributed by atoms with Gasteiger partial charge >= 0.3 is 0 Å². The molecule has 2 aromatic carbocycles. The number of hydrogen-bond donors (Lipinski definition) is 1. The van der Waals surface area contributed by atoms with Gasteiger partial charge in [-0.2, -0.15) is 5.10 Å². The summed E-state index contributed by atoms with van der Waals surface area (Å²) < 4.78 is 13.8. The standard InChI is InChI=1S/C20H18ClN3O2S/c1-12-7-8-18(13(2)9-12)24-19(15-10-27(26)11-17(15)23-24)22-20(25)14-5-3-4-6-16(14)21/h3-9H,10-11H2,1-2H3,(H,22,25)/t27-/m0/s1. The highest BCUT2D eigenvalue weighted by atomic mass is 35.5. The topological polar surface area (TPSA) is 64.0 Å². The Labute approximate surface area is 164 Å². The number of nitrogens with one attached hydrogen (secondary N) is 1. The van der Waals surface area contributed by atoms with Crippen molar-refractivity contribution in [1.29, 1.82) is 0 Å². The summed E-state index contributed by atoms with van der Waals surface area (Å²) in [6.45, 7) is 4.04. The molecule has 3 aromatic rings. The number of carbonyl (C=O) groups is 1. The van der Waals surface area contributed by atoms with Crippen LogP contribution >= 0.6 is 11.6 Å². The second-order valence-corrected chi connectivity index (χ2v) is 8.50. The van der Waals surface area contributed by atoms with E-state index in [2.05, 4.69) is 16.5 Å². The normalized spacial score (nSPS) is 15.6. The number of amides is 1. The Morgan fingerprint density at radius 1 is 1.19 bits per heavy atom. The van der Waals surface area contributed by atoms with Crippen LogP contribution in [0.15, 0.2) is 42.5 Å². The largest absolute Gasteiger partial charge is 0.306 e. The molecular formula is C20H18ClN3O2S. The van der Waals surface area contributed by atoms with E-state index in [1.165, 1.54) is 0 Å². The summed E-state index contributed by atoms with van der Waals surface area (Å²) in [5.41, 5.74) is 5.07. The Bertz CT molecular complexity index is 1090. The first kappa shape index (κ1) is 17.9. The molecule has 1 N–H and O–H groups in total. The molecule has 0 saturated heterocycles. The molecule has 1 atom stereocenters. The number of fused-ring (bicyclic) bond motifs is 1. The van der Waals surface area contributed by atoms with E-state index in [1.807, 2.05) is 26.0 Å². The van der Waals surface area contributed by atoms with Gasteiger partial charge in [-0.1, -0.05) is 41.4 Å². The van der Waals surface area contributed by atoms with Gasteiger partial charge in [-0.15, -0.1) is 0 Å². The van der Waals surface area contributed by atoms with Crippen LogP contribution in [0.2, 0.25) is 5.02 Å². The molecule has 0 spiro atoms.